The summed E-state index contributed by atoms with van der Waals surface area (Å²) in [5.74, 6) is 0.940. The van der Waals surface area contributed by atoms with Crippen LogP contribution in [-0.2, 0) is 24.1 Å². The maximum Gasteiger partial charge on any atom is 0.220 e. The van der Waals surface area contributed by atoms with Crippen molar-refractivity contribution in [1.29, 1.82) is 0 Å². The zero-order chi connectivity index (χ0) is 18.1. The molecule has 4 rings (SSSR count). The monoisotopic (exact) mass is 353 g/mol. The molecule has 1 heterocycles. The van der Waals surface area contributed by atoms with Crippen molar-refractivity contribution in [3.05, 3.63) is 52.4 Å². The van der Waals surface area contributed by atoms with Gasteiger partial charge in [-0.15, -0.1) is 0 Å². The van der Waals surface area contributed by atoms with Gasteiger partial charge in [0.1, 0.15) is 5.76 Å². The second-order valence-electron chi connectivity index (χ2n) is 7.70. The van der Waals surface area contributed by atoms with Gasteiger partial charge in [0.05, 0.1) is 5.69 Å². The molecule has 1 aromatic carbocycles. The summed E-state index contributed by atoms with van der Waals surface area (Å²) in [4.78, 5) is 12.3. The van der Waals surface area contributed by atoms with Gasteiger partial charge in [-0.3, -0.25) is 4.79 Å². The molecule has 0 spiro atoms. The first-order valence-corrected chi connectivity index (χ1v) is 9.64. The number of rotatable bonds is 6. The van der Waals surface area contributed by atoms with Gasteiger partial charge in [0.25, 0.3) is 0 Å². The Morgan fingerprint density at radius 2 is 1.85 bits per heavy atom. The first kappa shape index (κ1) is 17.3. The van der Waals surface area contributed by atoms with Crippen LogP contribution in [0.5, 0.6) is 0 Å². The van der Waals surface area contributed by atoms with E-state index < -0.39 is 0 Å². The summed E-state index contributed by atoms with van der Waals surface area (Å²) in [5, 5.41) is 10.9. The minimum atomic E-state index is 0.121. The molecule has 2 N–H and O–H groups in total. The second-order valence-corrected chi connectivity index (χ2v) is 7.70. The maximum atomic E-state index is 12.3. The second kappa shape index (κ2) is 7.23. The van der Waals surface area contributed by atoms with Gasteiger partial charge in [-0.25, -0.2) is 0 Å². The van der Waals surface area contributed by atoms with Crippen LogP contribution in [0, 0.1) is 13.8 Å². The minimum absolute atomic E-state index is 0.121. The van der Waals surface area contributed by atoms with Gasteiger partial charge in [-0.1, -0.05) is 29.4 Å². The van der Waals surface area contributed by atoms with E-state index in [0.717, 1.165) is 42.7 Å². The number of benzene rings is 1. The highest BCUT2D eigenvalue weighted by Gasteiger charge is 2.34. The third kappa shape index (κ3) is 3.54. The summed E-state index contributed by atoms with van der Waals surface area (Å²) in [5.41, 5.74) is 4.88. The third-order valence-corrected chi connectivity index (χ3v) is 5.90. The molecule has 1 aromatic heterocycles. The Morgan fingerprint density at radius 1 is 1.15 bits per heavy atom. The molecule has 0 saturated heterocycles. The van der Waals surface area contributed by atoms with E-state index in [1.165, 1.54) is 11.1 Å². The van der Waals surface area contributed by atoms with Gasteiger partial charge < -0.3 is 15.2 Å². The lowest BCUT2D eigenvalue weighted by Gasteiger charge is -2.39. The fourth-order valence-corrected chi connectivity index (χ4v) is 4.23. The van der Waals surface area contributed by atoms with E-state index in [4.69, 9.17) is 4.52 Å². The van der Waals surface area contributed by atoms with Crippen LogP contribution in [0.3, 0.4) is 0 Å². The number of aromatic nitrogens is 1. The highest BCUT2D eigenvalue weighted by Crippen LogP contribution is 2.26. The highest BCUT2D eigenvalue weighted by atomic mass is 16.5. The smallest absolute Gasteiger partial charge is 0.220 e. The number of carbonyl (C=O) groups excluding carboxylic acids is 1. The molecule has 138 valence electrons. The van der Waals surface area contributed by atoms with Crippen LogP contribution >= 0.6 is 0 Å². The van der Waals surface area contributed by atoms with Crippen molar-refractivity contribution < 1.29 is 9.32 Å². The zero-order valence-corrected chi connectivity index (χ0v) is 15.5. The van der Waals surface area contributed by atoms with E-state index in [-0.39, 0.29) is 11.9 Å². The fourth-order valence-electron chi connectivity index (χ4n) is 4.23. The number of hydrogen-bond donors (Lipinski definition) is 2. The summed E-state index contributed by atoms with van der Waals surface area (Å²) in [6.07, 6.45) is 5.57. The minimum Gasteiger partial charge on any atom is -0.361 e. The van der Waals surface area contributed by atoms with Crippen LogP contribution in [-0.4, -0.2) is 29.2 Å². The fraction of sp³-hybridized carbons (Fsp3) is 0.524. The van der Waals surface area contributed by atoms with Crippen LogP contribution in [0.4, 0.5) is 0 Å². The van der Waals surface area contributed by atoms with Gasteiger partial charge >= 0.3 is 0 Å². The van der Waals surface area contributed by atoms with Crippen molar-refractivity contribution in [2.75, 3.05) is 0 Å². The van der Waals surface area contributed by atoms with E-state index >= 15 is 0 Å². The first-order valence-electron chi connectivity index (χ1n) is 9.64. The topological polar surface area (TPSA) is 67.2 Å². The van der Waals surface area contributed by atoms with Crippen molar-refractivity contribution in [2.24, 2.45) is 0 Å². The Labute approximate surface area is 154 Å². The molecule has 1 fully saturated rings. The standard InChI is InChI=1S/C21H27N3O2/c1-13-18(14(2)26-24-13)7-10-21(25)23-20-9-8-19(20)22-17-11-15-5-3-4-6-16(15)12-17/h3-6,17,19-20,22H,7-12H2,1-2H3,(H,23,25)/t19-,20+/m1/s1. The molecule has 0 radical (unpaired) electrons. The van der Waals surface area contributed by atoms with Crippen molar-refractivity contribution in [3.63, 3.8) is 0 Å². The number of hydrogen-bond acceptors (Lipinski definition) is 4. The van der Waals surface area contributed by atoms with Crippen LogP contribution in [0.25, 0.3) is 0 Å². The largest absolute Gasteiger partial charge is 0.361 e. The molecule has 1 amide bonds. The molecule has 0 bridgehead atoms. The predicted molar refractivity (Wildman–Crippen MR) is 100 cm³/mol. The molecule has 5 heteroatoms. The summed E-state index contributed by atoms with van der Waals surface area (Å²) in [6, 6.07) is 9.85. The van der Waals surface area contributed by atoms with Crippen LogP contribution < -0.4 is 10.6 Å². The first-order chi connectivity index (χ1) is 12.6. The molecule has 0 unspecified atom stereocenters. The molecule has 5 nitrogen and oxygen atoms in total. The number of fused-ring (bicyclic) bond motifs is 1. The lowest BCUT2D eigenvalue weighted by atomic mass is 9.85. The third-order valence-electron chi connectivity index (χ3n) is 5.90. The van der Waals surface area contributed by atoms with Gasteiger partial charge in [0.15, 0.2) is 0 Å². The molecular weight excluding hydrogens is 326 g/mol. The normalized spacial score (nSPS) is 22.1. The lowest BCUT2D eigenvalue weighted by molar-refractivity contribution is -0.122. The summed E-state index contributed by atoms with van der Waals surface area (Å²) < 4.78 is 5.17. The Morgan fingerprint density at radius 3 is 2.42 bits per heavy atom. The number of amides is 1. The average Bonchev–Trinajstić information content (AvgIpc) is 3.18. The molecule has 2 aliphatic carbocycles. The van der Waals surface area contributed by atoms with Crippen LogP contribution in [0.2, 0.25) is 0 Å². The summed E-state index contributed by atoms with van der Waals surface area (Å²) in [6.45, 7) is 3.83. The summed E-state index contributed by atoms with van der Waals surface area (Å²) >= 11 is 0. The SMILES string of the molecule is Cc1noc(C)c1CCC(=O)N[C@H]1CC[C@H]1NC1Cc2ccccc2C1. The van der Waals surface area contributed by atoms with Crippen molar-refractivity contribution in [2.45, 2.75) is 70.5 Å². The summed E-state index contributed by atoms with van der Waals surface area (Å²) in [7, 11) is 0. The molecule has 0 aliphatic heterocycles. The van der Waals surface area contributed by atoms with Crippen molar-refractivity contribution in [1.82, 2.24) is 15.8 Å². The predicted octanol–water partition coefficient (Wildman–Crippen LogP) is 2.63. The van der Waals surface area contributed by atoms with E-state index in [9.17, 15) is 4.79 Å². The highest BCUT2D eigenvalue weighted by molar-refractivity contribution is 5.76. The zero-order valence-electron chi connectivity index (χ0n) is 15.5. The Hall–Kier alpha value is -2.14. The molecule has 2 aliphatic rings. The molecule has 2 aromatic rings. The van der Waals surface area contributed by atoms with E-state index in [1.54, 1.807) is 0 Å². The van der Waals surface area contributed by atoms with Crippen LogP contribution in [0.1, 0.15) is 47.4 Å². The average molecular weight is 353 g/mol. The van der Waals surface area contributed by atoms with Crippen molar-refractivity contribution in [3.8, 4) is 0 Å². The van der Waals surface area contributed by atoms with Gasteiger partial charge in [-0.05, 0) is 57.1 Å². The Bertz CT molecular complexity index is 754. The van der Waals surface area contributed by atoms with Gasteiger partial charge in [0, 0.05) is 30.1 Å². The molecular formula is C21H27N3O2. The quantitative estimate of drug-likeness (QED) is 0.838. The van der Waals surface area contributed by atoms with E-state index in [2.05, 4.69) is 40.1 Å². The van der Waals surface area contributed by atoms with Gasteiger partial charge in [-0.2, -0.15) is 0 Å². The molecule has 2 atom stereocenters. The lowest BCUT2D eigenvalue weighted by Crippen LogP contribution is -2.59. The van der Waals surface area contributed by atoms with E-state index in [1.807, 2.05) is 13.8 Å². The number of carbonyl (C=O) groups is 1. The Kier molecular flexibility index (Phi) is 4.81. The van der Waals surface area contributed by atoms with E-state index in [0.29, 0.717) is 24.9 Å². The molecule has 26 heavy (non-hydrogen) atoms. The molecule has 1 saturated carbocycles. The van der Waals surface area contributed by atoms with Crippen LogP contribution in [0.15, 0.2) is 28.8 Å². The van der Waals surface area contributed by atoms with Crippen molar-refractivity contribution >= 4 is 5.91 Å². The Balaban J connectivity index is 1.24. The number of nitrogens with zero attached hydrogens (tertiary/aromatic N) is 1. The maximum absolute atomic E-state index is 12.3. The number of nitrogens with one attached hydrogen (secondary N) is 2. The van der Waals surface area contributed by atoms with Gasteiger partial charge in [0.2, 0.25) is 5.91 Å². The number of aryl methyl sites for hydroxylation is 2.